The topological polar surface area (TPSA) is 0 Å². The highest BCUT2D eigenvalue weighted by atomic mass is 19.4. The number of hydrogen-bond donors (Lipinski definition) is 0. The lowest BCUT2D eigenvalue weighted by atomic mass is 9.81. The predicted octanol–water partition coefficient (Wildman–Crippen LogP) is 15.0. The maximum absolute atomic E-state index is 15.8. The van der Waals surface area contributed by atoms with Crippen molar-refractivity contribution in [3.8, 4) is 0 Å². The van der Waals surface area contributed by atoms with Gasteiger partial charge in [0.1, 0.15) is 0 Å². The lowest BCUT2D eigenvalue weighted by Crippen LogP contribution is -2.74. The van der Waals surface area contributed by atoms with E-state index in [9.17, 15) is 123 Å². The van der Waals surface area contributed by atoms with Crippen LogP contribution in [0.1, 0.15) is 11.1 Å². The molecule has 0 saturated carbocycles. The van der Waals surface area contributed by atoms with Crippen molar-refractivity contribution in [2.45, 2.75) is 102 Å². The van der Waals surface area contributed by atoms with Crippen molar-refractivity contribution in [1.29, 1.82) is 0 Å². The molecule has 0 saturated heterocycles. The van der Waals surface area contributed by atoms with Crippen LogP contribution in [0.4, 0.5) is 149 Å². The molecule has 0 aromatic heterocycles. The third-order valence-corrected chi connectivity index (χ3v) is 9.26. The second-order valence-corrected chi connectivity index (χ2v) is 13.3. The zero-order valence-corrected chi connectivity index (χ0v) is 29.2. The van der Waals surface area contributed by atoms with Crippen LogP contribution in [0.15, 0.2) is 48.5 Å². The molecule has 0 aliphatic rings. The van der Waals surface area contributed by atoms with Gasteiger partial charge in [-0.05, 0) is 27.1 Å². The molecule has 0 nitrogen and oxygen atoms in total. The molecule has 0 N–H and O–H groups in total. The lowest BCUT2D eigenvalue weighted by Gasteiger charge is -2.43. The molecule has 0 atom stereocenters. The standard InChI is InChI=1S/C31H10F34/c32-16(33,18(36,37)20(40,41)22(44,45)24(48,49)26(52,53)28(56,57)30(60,61)62)9-14-10-5-1-3-7-12(10)15(13-8-4-2-6-11(13)14)17(34,35)19(38,39)21(42,43)23(46,47)25(50,51)27(54,55)29(58,59)31(63,64)65/h1-8H,9H2. The quantitative estimate of drug-likeness (QED) is 0.105. The molecular formula is C31H10F34. The van der Waals surface area contributed by atoms with Crippen LogP contribution in [0.3, 0.4) is 0 Å². The van der Waals surface area contributed by atoms with Gasteiger partial charge in [0, 0.05) is 12.0 Å². The van der Waals surface area contributed by atoms with E-state index >= 15 is 26.3 Å². The van der Waals surface area contributed by atoms with E-state index in [2.05, 4.69) is 0 Å². The number of rotatable bonds is 15. The second kappa shape index (κ2) is 14.6. The van der Waals surface area contributed by atoms with Crippen LogP contribution in [0, 0.1) is 0 Å². The minimum atomic E-state index is -9.19. The van der Waals surface area contributed by atoms with E-state index in [1.54, 1.807) is 0 Å². The third-order valence-electron chi connectivity index (χ3n) is 9.26. The zero-order valence-electron chi connectivity index (χ0n) is 29.2. The number of fused-ring (bicyclic) bond motifs is 2. The maximum Gasteiger partial charge on any atom is 0.460 e. The first-order valence-electron chi connectivity index (χ1n) is 15.5. The Hall–Kier alpha value is -4.20. The van der Waals surface area contributed by atoms with Crippen LogP contribution < -0.4 is 0 Å². The minimum absolute atomic E-state index is 0.125. The van der Waals surface area contributed by atoms with E-state index in [0.717, 1.165) is 0 Å². The summed E-state index contributed by atoms with van der Waals surface area (Å²) in [7, 11) is 0. The van der Waals surface area contributed by atoms with Gasteiger partial charge in [-0.1, -0.05) is 48.5 Å². The van der Waals surface area contributed by atoms with Crippen LogP contribution in [0.2, 0.25) is 0 Å². The molecule has 3 rings (SSSR count). The molecule has 0 radical (unpaired) electrons. The molecule has 0 bridgehead atoms. The summed E-state index contributed by atoms with van der Waals surface area (Å²) in [6, 6.07) is -0.370. The summed E-state index contributed by atoms with van der Waals surface area (Å²) in [5, 5.41) is -8.74. The van der Waals surface area contributed by atoms with E-state index in [4.69, 9.17) is 0 Å². The van der Waals surface area contributed by atoms with E-state index in [0.29, 0.717) is 0 Å². The highest BCUT2D eigenvalue weighted by Crippen LogP contribution is 2.67. The Kier molecular flexibility index (Phi) is 12.4. The van der Waals surface area contributed by atoms with Crippen molar-refractivity contribution in [2.75, 3.05) is 0 Å². The van der Waals surface area contributed by atoms with Gasteiger partial charge in [-0.2, -0.15) is 149 Å². The van der Waals surface area contributed by atoms with E-state index in [-0.39, 0.29) is 48.5 Å². The van der Waals surface area contributed by atoms with Crippen LogP contribution >= 0.6 is 0 Å². The molecule has 3 aromatic rings. The molecule has 0 fully saturated rings. The van der Waals surface area contributed by atoms with Gasteiger partial charge in [0.15, 0.2) is 0 Å². The highest BCUT2D eigenvalue weighted by molar-refractivity contribution is 6.06. The molecule has 34 heteroatoms. The number of hydrogen-bond acceptors (Lipinski definition) is 0. The zero-order chi connectivity index (χ0) is 51.8. The molecule has 0 aliphatic heterocycles. The van der Waals surface area contributed by atoms with Crippen LogP contribution in [-0.2, 0) is 12.3 Å². The first kappa shape index (κ1) is 55.1. The Labute approximate surface area is 333 Å². The fourth-order valence-electron chi connectivity index (χ4n) is 5.60. The van der Waals surface area contributed by atoms with Gasteiger partial charge in [-0.25, -0.2) is 0 Å². The molecule has 0 spiro atoms. The molecule has 0 unspecified atom stereocenters. The summed E-state index contributed by atoms with van der Waals surface area (Å²) >= 11 is 0. The number of alkyl halides is 34. The van der Waals surface area contributed by atoms with Crippen LogP contribution in [0.5, 0.6) is 0 Å². The normalized spacial score (nSPS) is 16.2. The molecule has 3 aromatic carbocycles. The summed E-state index contributed by atoms with van der Waals surface area (Å²) in [6.07, 6.45) is -20.0. The fraction of sp³-hybridized carbons (Fsp3) is 0.548. The Bertz CT molecular complexity index is 2200. The van der Waals surface area contributed by atoms with Gasteiger partial charge < -0.3 is 0 Å². The second-order valence-electron chi connectivity index (χ2n) is 13.3. The molecule has 372 valence electrons. The smallest absolute Gasteiger partial charge is 0.199 e. The monoisotopic (exact) mass is 1030 g/mol. The predicted molar refractivity (Wildman–Crippen MR) is 145 cm³/mol. The Balaban J connectivity index is 2.38. The molecule has 65 heavy (non-hydrogen) atoms. The fourth-order valence-corrected chi connectivity index (χ4v) is 5.60. The number of halogens is 34. The average Bonchev–Trinajstić information content (AvgIpc) is 3.12. The van der Waals surface area contributed by atoms with Gasteiger partial charge in [0.2, 0.25) is 0 Å². The summed E-state index contributed by atoms with van der Waals surface area (Å²) in [5.74, 6) is -122. The van der Waals surface area contributed by atoms with Crippen molar-refractivity contribution in [1.82, 2.24) is 0 Å². The van der Waals surface area contributed by atoms with Crippen molar-refractivity contribution in [3.63, 3.8) is 0 Å². The molecule has 0 aliphatic carbocycles. The summed E-state index contributed by atoms with van der Waals surface area (Å²) < 4.78 is 476. The number of benzene rings is 3. The van der Waals surface area contributed by atoms with Gasteiger partial charge in [-0.3, -0.25) is 0 Å². The van der Waals surface area contributed by atoms with Crippen LogP contribution in [0.25, 0.3) is 21.5 Å². The van der Waals surface area contributed by atoms with Gasteiger partial charge in [0.25, 0.3) is 0 Å². The van der Waals surface area contributed by atoms with Gasteiger partial charge in [-0.15, -0.1) is 0 Å². The average molecular weight is 1030 g/mol. The largest absolute Gasteiger partial charge is 0.460 e. The third kappa shape index (κ3) is 6.85. The molecule has 0 amide bonds. The van der Waals surface area contributed by atoms with Gasteiger partial charge >= 0.3 is 95.3 Å². The van der Waals surface area contributed by atoms with Crippen molar-refractivity contribution in [3.05, 3.63) is 59.7 Å². The summed E-state index contributed by atoms with van der Waals surface area (Å²) in [5.41, 5.74) is -5.44. The van der Waals surface area contributed by atoms with E-state index in [1.807, 2.05) is 0 Å². The van der Waals surface area contributed by atoms with Gasteiger partial charge in [0.05, 0.1) is 0 Å². The minimum Gasteiger partial charge on any atom is -0.199 e. The molecular weight excluding hydrogens is 1020 g/mol. The summed E-state index contributed by atoms with van der Waals surface area (Å²) in [6.45, 7) is 0. The first-order chi connectivity index (χ1) is 28.2. The van der Waals surface area contributed by atoms with E-state index in [1.165, 1.54) is 0 Å². The van der Waals surface area contributed by atoms with Crippen molar-refractivity contribution < 1.29 is 149 Å². The Morgan fingerprint density at radius 3 is 0.723 bits per heavy atom. The maximum atomic E-state index is 15.8. The van der Waals surface area contributed by atoms with Crippen molar-refractivity contribution >= 4 is 21.5 Å². The lowest BCUT2D eigenvalue weighted by molar-refractivity contribution is -0.462. The SMILES string of the molecule is FC(F)(F)C(F)(F)C(F)(F)C(F)(F)C(F)(F)C(F)(F)C(F)(F)C(F)(F)Cc1c2ccccc2c(C(F)(F)C(F)(F)C(F)(F)C(F)(F)C(F)(F)C(F)(F)C(F)(F)C(F)(F)F)c2ccccc12. The highest BCUT2D eigenvalue weighted by Gasteiger charge is 2.97. The first-order valence-corrected chi connectivity index (χ1v) is 15.5. The molecule has 0 heterocycles. The van der Waals surface area contributed by atoms with Crippen LogP contribution in [-0.4, -0.2) is 89.3 Å². The van der Waals surface area contributed by atoms with E-state index < -0.39 is 134 Å². The Morgan fingerprint density at radius 2 is 0.462 bits per heavy atom. The Morgan fingerprint density at radius 1 is 0.246 bits per heavy atom. The summed E-state index contributed by atoms with van der Waals surface area (Å²) in [4.78, 5) is 0. The van der Waals surface area contributed by atoms with Crippen molar-refractivity contribution in [2.24, 2.45) is 0 Å².